The molecule has 30 heavy (non-hydrogen) atoms. The molecular weight excluding hydrogens is 455 g/mol. The maximum atomic E-state index is 12.9. The molecule has 2 aliphatic rings. The van der Waals surface area contributed by atoms with E-state index in [1.165, 1.54) is 12.1 Å². The zero-order chi connectivity index (χ0) is 21.7. The number of nitrogens with one attached hydrogen (secondary N) is 1. The molecule has 164 valence electrons. The first-order chi connectivity index (χ1) is 14.3. The van der Waals surface area contributed by atoms with Crippen molar-refractivity contribution in [2.75, 3.05) is 38.2 Å². The summed E-state index contributed by atoms with van der Waals surface area (Å²) in [4.78, 5) is 39.5. The molecule has 1 aromatic rings. The Morgan fingerprint density at radius 2 is 1.67 bits per heavy atom. The van der Waals surface area contributed by atoms with Gasteiger partial charge in [0.05, 0.1) is 34.4 Å². The van der Waals surface area contributed by atoms with E-state index >= 15 is 0 Å². The highest BCUT2D eigenvalue weighted by Crippen LogP contribution is 2.43. The molecule has 1 aromatic carbocycles. The smallest absolute Gasteiger partial charge is 0.313 e. The number of ether oxygens (including phenoxy) is 2. The van der Waals surface area contributed by atoms with Gasteiger partial charge in [-0.1, -0.05) is 47.6 Å². The van der Waals surface area contributed by atoms with E-state index in [1.807, 2.05) is 0 Å². The van der Waals surface area contributed by atoms with Crippen molar-refractivity contribution < 1.29 is 23.9 Å². The minimum absolute atomic E-state index is 0.0821. The van der Waals surface area contributed by atoms with Gasteiger partial charge in [-0.25, -0.2) is 0 Å². The van der Waals surface area contributed by atoms with Crippen molar-refractivity contribution in [3.63, 3.8) is 0 Å². The summed E-state index contributed by atoms with van der Waals surface area (Å²) in [6.45, 7) is 1.55. The van der Waals surface area contributed by atoms with Gasteiger partial charge < -0.3 is 19.7 Å². The molecule has 1 aliphatic carbocycles. The van der Waals surface area contributed by atoms with Gasteiger partial charge in [-0.2, -0.15) is 0 Å². The average Bonchev–Trinajstić information content (AvgIpc) is 3.19. The SMILES string of the molecule is O=C(COC(=O)C1(CC(=O)N2CCOCC2)CCCC1)Nc1c(Cl)cc(Cl)cc1Cl. The predicted molar refractivity (Wildman–Crippen MR) is 114 cm³/mol. The zero-order valence-corrected chi connectivity index (χ0v) is 18.6. The topological polar surface area (TPSA) is 84.9 Å². The third-order valence-corrected chi connectivity index (χ3v) is 6.27. The van der Waals surface area contributed by atoms with Crippen LogP contribution in [0.2, 0.25) is 15.1 Å². The van der Waals surface area contributed by atoms with Crippen LogP contribution in [0.3, 0.4) is 0 Å². The highest BCUT2D eigenvalue weighted by molar-refractivity contribution is 6.42. The van der Waals surface area contributed by atoms with E-state index < -0.39 is 23.9 Å². The van der Waals surface area contributed by atoms with Gasteiger partial charge in [0.15, 0.2) is 6.61 Å². The van der Waals surface area contributed by atoms with Crippen molar-refractivity contribution in [1.82, 2.24) is 4.90 Å². The molecule has 0 unspecified atom stereocenters. The maximum Gasteiger partial charge on any atom is 0.313 e. The molecule has 0 bridgehead atoms. The number of amides is 2. The summed E-state index contributed by atoms with van der Waals surface area (Å²) in [5, 5.41) is 3.22. The zero-order valence-electron chi connectivity index (χ0n) is 16.3. The Hall–Kier alpha value is -1.54. The molecule has 1 saturated heterocycles. The fourth-order valence-electron chi connectivity index (χ4n) is 3.84. The number of nitrogens with zero attached hydrogens (tertiary/aromatic N) is 1. The van der Waals surface area contributed by atoms with Crippen LogP contribution in [0.4, 0.5) is 5.69 Å². The molecule has 0 atom stereocenters. The maximum absolute atomic E-state index is 12.9. The summed E-state index contributed by atoms with van der Waals surface area (Å²) in [5.41, 5.74) is -0.688. The van der Waals surface area contributed by atoms with Gasteiger partial charge in [0.1, 0.15) is 0 Å². The Kier molecular flexibility index (Phi) is 7.85. The van der Waals surface area contributed by atoms with Gasteiger partial charge >= 0.3 is 5.97 Å². The minimum Gasteiger partial charge on any atom is -0.455 e. The Labute approximate surface area is 189 Å². The summed E-state index contributed by atoms with van der Waals surface area (Å²) < 4.78 is 10.6. The van der Waals surface area contributed by atoms with E-state index in [2.05, 4.69) is 5.32 Å². The predicted octanol–water partition coefficient (Wildman–Crippen LogP) is 3.94. The molecule has 2 amide bonds. The Morgan fingerprint density at radius 3 is 2.27 bits per heavy atom. The normalized spacial score (nSPS) is 18.2. The van der Waals surface area contributed by atoms with Crippen LogP contribution in [-0.4, -0.2) is 55.6 Å². The second-order valence-electron chi connectivity index (χ2n) is 7.53. The molecule has 2 fully saturated rings. The van der Waals surface area contributed by atoms with E-state index in [9.17, 15) is 14.4 Å². The average molecular weight is 478 g/mol. The van der Waals surface area contributed by atoms with Crippen LogP contribution >= 0.6 is 34.8 Å². The second-order valence-corrected chi connectivity index (χ2v) is 8.78. The molecule has 0 spiro atoms. The van der Waals surface area contributed by atoms with E-state index in [0.29, 0.717) is 44.2 Å². The first-order valence-electron chi connectivity index (χ1n) is 9.78. The Morgan fingerprint density at radius 1 is 1.07 bits per heavy atom. The highest BCUT2D eigenvalue weighted by atomic mass is 35.5. The van der Waals surface area contributed by atoms with Crippen molar-refractivity contribution in [2.24, 2.45) is 5.41 Å². The number of anilines is 1. The van der Waals surface area contributed by atoms with Gasteiger partial charge in [-0.05, 0) is 25.0 Å². The Balaban J connectivity index is 1.58. The summed E-state index contributed by atoms with van der Waals surface area (Å²) in [6, 6.07) is 2.89. The van der Waals surface area contributed by atoms with Crippen molar-refractivity contribution >= 4 is 58.3 Å². The standard InChI is InChI=1S/C20H23Cl3N2O5/c21-13-9-14(22)18(15(23)10-13)24-16(26)12-30-19(28)20(3-1-2-4-20)11-17(27)25-5-7-29-8-6-25/h9-10H,1-8,11-12H2,(H,24,26). The number of esters is 1. The van der Waals surface area contributed by atoms with E-state index in [1.54, 1.807) is 4.90 Å². The third-order valence-electron chi connectivity index (χ3n) is 5.45. The van der Waals surface area contributed by atoms with Gasteiger partial charge in [0.25, 0.3) is 5.91 Å². The fraction of sp³-hybridized carbons (Fsp3) is 0.550. The lowest BCUT2D eigenvalue weighted by Crippen LogP contribution is -2.44. The van der Waals surface area contributed by atoms with Crippen LogP contribution in [0.5, 0.6) is 0 Å². The molecule has 1 N–H and O–H groups in total. The minimum atomic E-state index is -0.884. The molecule has 3 rings (SSSR count). The van der Waals surface area contributed by atoms with Gasteiger partial charge in [0, 0.05) is 24.5 Å². The monoisotopic (exact) mass is 476 g/mol. The summed E-state index contributed by atoms with van der Waals surface area (Å²) in [5.74, 6) is -1.19. The highest BCUT2D eigenvalue weighted by Gasteiger charge is 2.45. The number of hydrogen-bond acceptors (Lipinski definition) is 5. The van der Waals surface area contributed by atoms with Crippen molar-refractivity contribution in [3.8, 4) is 0 Å². The van der Waals surface area contributed by atoms with Crippen molar-refractivity contribution in [1.29, 1.82) is 0 Å². The van der Waals surface area contributed by atoms with Crippen molar-refractivity contribution in [3.05, 3.63) is 27.2 Å². The van der Waals surface area contributed by atoms with E-state index in [0.717, 1.165) is 12.8 Å². The second kappa shape index (κ2) is 10.2. The number of halogens is 3. The molecule has 10 heteroatoms. The molecule has 1 aliphatic heterocycles. The lowest BCUT2D eigenvalue weighted by atomic mass is 9.82. The lowest BCUT2D eigenvalue weighted by Gasteiger charge is -2.31. The summed E-state index contributed by atoms with van der Waals surface area (Å²) >= 11 is 18.0. The fourth-order valence-corrected chi connectivity index (χ4v) is 4.75. The van der Waals surface area contributed by atoms with E-state index in [-0.39, 0.29) is 28.1 Å². The van der Waals surface area contributed by atoms with Crippen LogP contribution in [0, 0.1) is 5.41 Å². The van der Waals surface area contributed by atoms with Gasteiger partial charge in [-0.3, -0.25) is 14.4 Å². The number of carbonyl (C=O) groups is 3. The molecule has 7 nitrogen and oxygen atoms in total. The number of hydrogen-bond donors (Lipinski definition) is 1. The van der Waals surface area contributed by atoms with Gasteiger partial charge in [0.2, 0.25) is 5.91 Å². The number of morpholine rings is 1. The van der Waals surface area contributed by atoms with Crippen LogP contribution in [0.1, 0.15) is 32.1 Å². The molecule has 1 heterocycles. The van der Waals surface area contributed by atoms with Gasteiger partial charge in [-0.15, -0.1) is 0 Å². The third kappa shape index (κ3) is 5.58. The molecule has 0 aromatic heterocycles. The number of benzene rings is 1. The first-order valence-corrected chi connectivity index (χ1v) is 10.9. The molecule has 1 saturated carbocycles. The summed E-state index contributed by atoms with van der Waals surface area (Å²) in [6.07, 6.45) is 2.90. The quantitative estimate of drug-likeness (QED) is 0.627. The molecule has 0 radical (unpaired) electrons. The van der Waals surface area contributed by atoms with Crippen LogP contribution in [0.25, 0.3) is 0 Å². The van der Waals surface area contributed by atoms with Crippen LogP contribution < -0.4 is 5.32 Å². The van der Waals surface area contributed by atoms with Crippen LogP contribution in [-0.2, 0) is 23.9 Å². The molecular formula is C20H23Cl3N2O5. The first kappa shape index (κ1) is 23.1. The number of rotatable bonds is 6. The van der Waals surface area contributed by atoms with E-state index in [4.69, 9.17) is 44.3 Å². The van der Waals surface area contributed by atoms with Crippen molar-refractivity contribution in [2.45, 2.75) is 32.1 Å². The summed E-state index contributed by atoms with van der Waals surface area (Å²) in [7, 11) is 0. The number of carbonyl (C=O) groups excluding carboxylic acids is 3. The lowest BCUT2D eigenvalue weighted by molar-refractivity contribution is -0.161. The van der Waals surface area contributed by atoms with Crippen LogP contribution in [0.15, 0.2) is 12.1 Å². The Bertz CT molecular complexity index is 798. The largest absolute Gasteiger partial charge is 0.455 e.